The molecule has 90 valence electrons. The molecule has 1 N–H and O–H groups in total. The number of ether oxygens (including phenoxy) is 2. The van der Waals surface area contributed by atoms with Crippen LogP contribution in [-0.2, 0) is 4.74 Å². The zero-order valence-electron chi connectivity index (χ0n) is 9.98. The van der Waals surface area contributed by atoms with Gasteiger partial charge in [-0.25, -0.2) is 4.79 Å². The highest BCUT2D eigenvalue weighted by atomic mass is 16.5. The van der Waals surface area contributed by atoms with Crippen LogP contribution in [0.4, 0.5) is 0 Å². The number of methoxy groups -OCH3 is 1. The van der Waals surface area contributed by atoms with Gasteiger partial charge in [-0.15, -0.1) is 0 Å². The van der Waals surface area contributed by atoms with Crippen LogP contribution in [0.25, 0.3) is 10.9 Å². The molecule has 1 heterocycles. The normalized spacial score (nSPS) is 10.8. The molecule has 2 aromatic rings. The number of nitrogens with zero attached hydrogens (tertiary/aromatic N) is 1. The van der Waals surface area contributed by atoms with Gasteiger partial charge < -0.3 is 9.47 Å². The lowest BCUT2D eigenvalue weighted by Crippen LogP contribution is -2.11. The Hall–Kier alpha value is -2.04. The first-order valence-corrected chi connectivity index (χ1v) is 5.34. The lowest BCUT2D eigenvalue weighted by atomic mass is 10.1. The molecule has 0 saturated heterocycles. The van der Waals surface area contributed by atoms with Crippen LogP contribution < -0.4 is 4.74 Å². The molecule has 0 fully saturated rings. The fourth-order valence-electron chi connectivity index (χ4n) is 1.59. The molecule has 1 aromatic carbocycles. The van der Waals surface area contributed by atoms with Gasteiger partial charge in [0.25, 0.3) is 0 Å². The van der Waals surface area contributed by atoms with Crippen molar-refractivity contribution in [2.75, 3.05) is 7.11 Å². The molecule has 0 aliphatic heterocycles. The minimum atomic E-state index is -0.366. The van der Waals surface area contributed by atoms with E-state index in [4.69, 9.17) is 9.47 Å². The molecule has 0 aliphatic carbocycles. The molecule has 5 nitrogen and oxygen atoms in total. The first kappa shape index (κ1) is 11.4. The van der Waals surface area contributed by atoms with Gasteiger partial charge in [0.15, 0.2) is 0 Å². The number of carbonyl (C=O) groups excluding carboxylic acids is 1. The molecule has 2 rings (SSSR count). The van der Waals surface area contributed by atoms with Gasteiger partial charge in [0, 0.05) is 0 Å². The van der Waals surface area contributed by atoms with E-state index < -0.39 is 0 Å². The largest absolute Gasteiger partial charge is 0.496 e. The predicted octanol–water partition coefficient (Wildman–Crippen LogP) is 2.14. The number of aromatic nitrogens is 2. The zero-order chi connectivity index (χ0) is 12.4. The average Bonchev–Trinajstić information content (AvgIpc) is 2.74. The number of fused-ring (bicyclic) bond motifs is 1. The van der Waals surface area contributed by atoms with Gasteiger partial charge in [-0.2, -0.15) is 5.10 Å². The second-order valence-corrected chi connectivity index (χ2v) is 3.96. The van der Waals surface area contributed by atoms with Gasteiger partial charge in [-0.3, -0.25) is 5.10 Å². The van der Waals surface area contributed by atoms with Crippen LogP contribution in [0.2, 0.25) is 0 Å². The van der Waals surface area contributed by atoms with Crippen LogP contribution in [-0.4, -0.2) is 29.4 Å². The molecular formula is C12H14N2O3. The van der Waals surface area contributed by atoms with E-state index in [1.807, 2.05) is 13.8 Å². The van der Waals surface area contributed by atoms with Crippen LogP contribution >= 0.6 is 0 Å². The van der Waals surface area contributed by atoms with Gasteiger partial charge in [-0.1, -0.05) is 0 Å². The van der Waals surface area contributed by atoms with Gasteiger partial charge in [0.05, 0.1) is 35.9 Å². The zero-order valence-corrected chi connectivity index (χ0v) is 9.98. The quantitative estimate of drug-likeness (QED) is 0.826. The number of benzene rings is 1. The molecule has 5 heteroatoms. The summed E-state index contributed by atoms with van der Waals surface area (Å²) in [5, 5.41) is 7.56. The third-order valence-corrected chi connectivity index (χ3v) is 2.32. The number of aromatic amines is 1. The summed E-state index contributed by atoms with van der Waals surface area (Å²) in [7, 11) is 1.55. The number of carbonyl (C=O) groups is 1. The van der Waals surface area contributed by atoms with Gasteiger partial charge in [0.1, 0.15) is 5.75 Å². The third kappa shape index (κ3) is 2.22. The Morgan fingerprint density at radius 2 is 2.18 bits per heavy atom. The molecule has 0 radical (unpaired) electrons. The molecule has 0 amide bonds. The summed E-state index contributed by atoms with van der Waals surface area (Å²) < 4.78 is 10.3. The molecular weight excluding hydrogens is 220 g/mol. The Labute approximate surface area is 98.7 Å². The summed E-state index contributed by atoms with van der Waals surface area (Å²) in [6.07, 6.45) is 1.51. The van der Waals surface area contributed by atoms with E-state index in [1.54, 1.807) is 25.4 Å². The Morgan fingerprint density at radius 3 is 2.82 bits per heavy atom. The monoisotopic (exact) mass is 234 g/mol. The number of rotatable bonds is 3. The molecule has 0 aliphatic rings. The average molecular weight is 234 g/mol. The smallest absolute Gasteiger partial charge is 0.338 e. The van der Waals surface area contributed by atoms with E-state index in [2.05, 4.69) is 10.2 Å². The molecule has 1 aromatic heterocycles. The Kier molecular flexibility index (Phi) is 2.99. The van der Waals surface area contributed by atoms with Crippen molar-refractivity contribution in [2.45, 2.75) is 20.0 Å². The minimum absolute atomic E-state index is 0.147. The maximum absolute atomic E-state index is 11.8. The first-order valence-electron chi connectivity index (χ1n) is 5.34. The van der Waals surface area contributed by atoms with Crippen molar-refractivity contribution in [3.05, 3.63) is 23.9 Å². The van der Waals surface area contributed by atoms with Crippen LogP contribution in [0.5, 0.6) is 5.75 Å². The highest BCUT2D eigenvalue weighted by molar-refractivity contribution is 5.96. The van der Waals surface area contributed by atoms with Crippen molar-refractivity contribution >= 4 is 16.9 Å². The standard InChI is InChI=1S/C12H14N2O3/c1-7(2)17-12(15)8-4-10-9(6-13-14-10)11(5-8)16-3/h4-7H,1-3H3,(H,13,14). The van der Waals surface area contributed by atoms with Crippen molar-refractivity contribution < 1.29 is 14.3 Å². The Bertz CT molecular complexity index is 546. The maximum Gasteiger partial charge on any atom is 0.338 e. The summed E-state index contributed by atoms with van der Waals surface area (Å²) in [6.45, 7) is 3.62. The molecule has 0 spiro atoms. The van der Waals surface area contributed by atoms with Gasteiger partial charge in [-0.05, 0) is 26.0 Å². The van der Waals surface area contributed by atoms with E-state index in [1.165, 1.54) is 0 Å². The molecule has 0 atom stereocenters. The SMILES string of the molecule is COc1cc(C(=O)OC(C)C)cc2[nH]ncc12. The van der Waals surface area contributed by atoms with Crippen molar-refractivity contribution in [3.63, 3.8) is 0 Å². The highest BCUT2D eigenvalue weighted by Gasteiger charge is 2.14. The van der Waals surface area contributed by atoms with Crippen LogP contribution in [0.3, 0.4) is 0 Å². The summed E-state index contributed by atoms with van der Waals surface area (Å²) in [5.41, 5.74) is 1.20. The van der Waals surface area contributed by atoms with Crippen LogP contribution in [0.15, 0.2) is 18.3 Å². The van der Waals surface area contributed by atoms with E-state index in [0.717, 1.165) is 10.9 Å². The van der Waals surface area contributed by atoms with E-state index >= 15 is 0 Å². The predicted molar refractivity (Wildman–Crippen MR) is 63.2 cm³/mol. The maximum atomic E-state index is 11.8. The van der Waals surface area contributed by atoms with Gasteiger partial charge in [0.2, 0.25) is 0 Å². The number of hydrogen-bond acceptors (Lipinski definition) is 4. The Morgan fingerprint density at radius 1 is 1.41 bits per heavy atom. The lowest BCUT2D eigenvalue weighted by Gasteiger charge is -2.09. The summed E-state index contributed by atoms with van der Waals surface area (Å²) in [4.78, 5) is 11.8. The van der Waals surface area contributed by atoms with Crippen molar-refractivity contribution in [2.24, 2.45) is 0 Å². The second-order valence-electron chi connectivity index (χ2n) is 3.96. The van der Waals surface area contributed by atoms with Crippen molar-refractivity contribution in [3.8, 4) is 5.75 Å². The van der Waals surface area contributed by atoms with Crippen molar-refractivity contribution in [1.29, 1.82) is 0 Å². The Balaban J connectivity index is 2.44. The fraction of sp³-hybridized carbons (Fsp3) is 0.333. The van der Waals surface area contributed by atoms with E-state index in [-0.39, 0.29) is 12.1 Å². The van der Waals surface area contributed by atoms with Crippen LogP contribution in [0, 0.1) is 0 Å². The van der Waals surface area contributed by atoms with Gasteiger partial charge >= 0.3 is 5.97 Å². The first-order chi connectivity index (χ1) is 8.11. The fourth-order valence-corrected chi connectivity index (χ4v) is 1.59. The summed E-state index contributed by atoms with van der Waals surface area (Å²) >= 11 is 0. The number of esters is 1. The highest BCUT2D eigenvalue weighted by Crippen LogP contribution is 2.26. The van der Waals surface area contributed by atoms with Crippen molar-refractivity contribution in [1.82, 2.24) is 10.2 Å². The van der Waals surface area contributed by atoms with E-state index in [0.29, 0.717) is 11.3 Å². The second kappa shape index (κ2) is 4.45. The number of hydrogen-bond donors (Lipinski definition) is 1. The summed E-state index contributed by atoms with van der Waals surface area (Å²) in [6, 6.07) is 3.36. The van der Waals surface area contributed by atoms with Crippen LogP contribution in [0.1, 0.15) is 24.2 Å². The number of nitrogens with one attached hydrogen (secondary N) is 1. The molecule has 0 saturated carbocycles. The molecule has 0 unspecified atom stereocenters. The topological polar surface area (TPSA) is 64.2 Å². The minimum Gasteiger partial charge on any atom is -0.496 e. The number of H-pyrrole nitrogens is 1. The summed E-state index contributed by atoms with van der Waals surface area (Å²) in [5.74, 6) is 0.238. The molecule has 17 heavy (non-hydrogen) atoms. The van der Waals surface area contributed by atoms with E-state index in [9.17, 15) is 4.79 Å². The third-order valence-electron chi connectivity index (χ3n) is 2.32. The lowest BCUT2D eigenvalue weighted by molar-refractivity contribution is 0.0377. The molecule has 0 bridgehead atoms.